The lowest BCUT2D eigenvalue weighted by Gasteiger charge is -2.36. The quantitative estimate of drug-likeness (QED) is 0.482. The van der Waals surface area contributed by atoms with Crippen LogP contribution in [0.5, 0.6) is 0 Å². The van der Waals surface area contributed by atoms with Crippen molar-refractivity contribution in [1.29, 1.82) is 0 Å². The molecule has 0 bridgehead atoms. The third kappa shape index (κ3) is 2.40. The maximum atomic E-state index is 10.3. The SMILES string of the molecule is C#CC=CCC12OC(C(Br)CC)CC1(Cl)C=CC2O. The Labute approximate surface area is 128 Å². The summed E-state index contributed by atoms with van der Waals surface area (Å²) in [5.74, 6) is 2.45. The number of halogens is 2. The van der Waals surface area contributed by atoms with Gasteiger partial charge < -0.3 is 9.84 Å². The molecule has 1 saturated heterocycles. The molecule has 2 rings (SSSR count). The molecular formula is C15H18BrClO2. The van der Waals surface area contributed by atoms with Gasteiger partial charge in [-0.3, -0.25) is 0 Å². The summed E-state index contributed by atoms with van der Waals surface area (Å²) in [7, 11) is 0. The van der Waals surface area contributed by atoms with E-state index in [9.17, 15) is 5.11 Å². The van der Waals surface area contributed by atoms with E-state index in [1.807, 2.05) is 12.2 Å². The van der Waals surface area contributed by atoms with Gasteiger partial charge in [-0.1, -0.05) is 47.0 Å². The number of hydrogen-bond donors (Lipinski definition) is 1. The van der Waals surface area contributed by atoms with E-state index in [-0.39, 0.29) is 10.9 Å². The predicted molar refractivity (Wildman–Crippen MR) is 81.5 cm³/mol. The summed E-state index contributed by atoms with van der Waals surface area (Å²) in [4.78, 5) is -0.417. The molecule has 4 heteroatoms. The lowest BCUT2D eigenvalue weighted by Crippen LogP contribution is -2.50. The van der Waals surface area contributed by atoms with Gasteiger partial charge in [-0.05, 0) is 12.5 Å². The topological polar surface area (TPSA) is 29.5 Å². The molecule has 0 aromatic rings. The van der Waals surface area contributed by atoms with Gasteiger partial charge in [0, 0.05) is 17.7 Å². The van der Waals surface area contributed by atoms with Crippen molar-refractivity contribution in [2.75, 3.05) is 0 Å². The monoisotopic (exact) mass is 344 g/mol. The van der Waals surface area contributed by atoms with E-state index in [2.05, 4.69) is 28.8 Å². The predicted octanol–water partition coefficient (Wildman–Crippen LogP) is 3.18. The number of hydrogen-bond acceptors (Lipinski definition) is 2. The van der Waals surface area contributed by atoms with Crippen molar-refractivity contribution < 1.29 is 9.84 Å². The fourth-order valence-electron chi connectivity index (χ4n) is 2.90. The average Bonchev–Trinajstić information content (AvgIpc) is 2.81. The summed E-state index contributed by atoms with van der Waals surface area (Å²) in [5, 5.41) is 10.3. The summed E-state index contributed by atoms with van der Waals surface area (Å²) in [6.45, 7) is 2.09. The molecular weight excluding hydrogens is 328 g/mol. The highest BCUT2D eigenvalue weighted by atomic mass is 79.9. The van der Waals surface area contributed by atoms with E-state index in [4.69, 9.17) is 22.8 Å². The van der Waals surface area contributed by atoms with Crippen LogP contribution >= 0.6 is 27.5 Å². The number of terminal acetylenes is 1. The van der Waals surface area contributed by atoms with Crippen molar-refractivity contribution in [3.63, 3.8) is 0 Å². The molecule has 0 saturated carbocycles. The van der Waals surface area contributed by atoms with Crippen molar-refractivity contribution in [3.05, 3.63) is 24.3 Å². The summed E-state index contributed by atoms with van der Waals surface area (Å²) >= 11 is 10.3. The summed E-state index contributed by atoms with van der Waals surface area (Å²) < 4.78 is 6.18. The van der Waals surface area contributed by atoms with Crippen LogP contribution in [0.3, 0.4) is 0 Å². The van der Waals surface area contributed by atoms with E-state index < -0.39 is 16.6 Å². The van der Waals surface area contributed by atoms with E-state index in [1.165, 1.54) is 0 Å². The Morgan fingerprint density at radius 1 is 1.74 bits per heavy atom. The lowest BCUT2D eigenvalue weighted by molar-refractivity contribution is -0.0974. The zero-order valence-electron chi connectivity index (χ0n) is 10.9. The third-order valence-corrected chi connectivity index (χ3v) is 5.85. The minimum Gasteiger partial charge on any atom is -0.386 e. The van der Waals surface area contributed by atoms with E-state index in [1.54, 1.807) is 12.2 Å². The molecule has 5 atom stereocenters. The molecule has 0 radical (unpaired) electrons. The van der Waals surface area contributed by atoms with Gasteiger partial charge in [0.2, 0.25) is 0 Å². The second-order valence-electron chi connectivity index (χ2n) is 5.11. The standard InChI is InChI=1S/C15H18BrClO2/c1-3-5-6-8-15-13(18)7-9-14(15,17)10-12(19-15)11(16)4-2/h1,5-7,9,11-13,18H,4,8,10H2,2H3. The van der Waals surface area contributed by atoms with Gasteiger partial charge in [-0.2, -0.15) is 0 Å². The Morgan fingerprint density at radius 2 is 2.47 bits per heavy atom. The third-order valence-electron chi connectivity index (χ3n) is 4.01. The molecule has 0 aromatic carbocycles. The number of allylic oxidation sites excluding steroid dienone is 1. The largest absolute Gasteiger partial charge is 0.386 e. The van der Waals surface area contributed by atoms with E-state index >= 15 is 0 Å². The Balaban J connectivity index is 2.26. The normalized spacial score (nSPS) is 42.5. The Morgan fingerprint density at radius 3 is 3.11 bits per heavy atom. The van der Waals surface area contributed by atoms with Crippen LogP contribution in [0.25, 0.3) is 0 Å². The van der Waals surface area contributed by atoms with Crippen LogP contribution in [0.2, 0.25) is 0 Å². The van der Waals surface area contributed by atoms with Crippen molar-refractivity contribution in [2.45, 2.75) is 53.7 Å². The van der Waals surface area contributed by atoms with Crippen molar-refractivity contribution in [1.82, 2.24) is 0 Å². The van der Waals surface area contributed by atoms with Gasteiger partial charge >= 0.3 is 0 Å². The highest BCUT2D eigenvalue weighted by Crippen LogP contribution is 2.54. The Bertz CT molecular complexity index is 442. The molecule has 104 valence electrons. The maximum absolute atomic E-state index is 10.3. The zero-order valence-corrected chi connectivity index (χ0v) is 13.2. The van der Waals surface area contributed by atoms with Crippen LogP contribution in [-0.2, 0) is 4.74 Å². The smallest absolute Gasteiger partial charge is 0.124 e. The van der Waals surface area contributed by atoms with Crippen molar-refractivity contribution in [2.24, 2.45) is 0 Å². The minimum atomic E-state index is -0.798. The minimum absolute atomic E-state index is 0.00124. The molecule has 5 unspecified atom stereocenters. The first-order valence-electron chi connectivity index (χ1n) is 6.48. The molecule has 1 aliphatic heterocycles. The van der Waals surface area contributed by atoms with E-state index in [0.717, 1.165) is 6.42 Å². The molecule has 1 heterocycles. The lowest BCUT2D eigenvalue weighted by atomic mass is 9.84. The van der Waals surface area contributed by atoms with Crippen LogP contribution in [0.15, 0.2) is 24.3 Å². The number of aliphatic hydroxyl groups is 1. The number of ether oxygens (including phenoxy) is 1. The maximum Gasteiger partial charge on any atom is 0.124 e. The zero-order chi connectivity index (χ0) is 14.1. The van der Waals surface area contributed by atoms with Crippen molar-refractivity contribution >= 4 is 27.5 Å². The number of rotatable bonds is 4. The molecule has 1 aliphatic carbocycles. The van der Waals surface area contributed by atoms with Crippen LogP contribution < -0.4 is 0 Å². The second-order valence-corrected chi connectivity index (χ2v) is 6.96. The fourth-order valence-corrected chi connectivity index (χ4v) is 3.66. The number of aliphatic hydroxyl groups excluding tert-OH is 1. The molecule has 1 N–H and O–H groups in total. The number of alkyl halides is 2. The molecule has 19 heavy (non-hydrogen) atoms. The van der Waals surface area contributed by atoms with Crippen molar-refractivity contribution in [3.8, 4) is 12.3 Å². The molecule has 0 aromatic heterocycles. The van der Waals surface area contributed by atoms with Crippen LogP contribution in [0.4, 0.5) is 0 Å². The molecule has 0 amide bonds. The fraction of sp³-hybridized carbons (Fsp3) is 0.600. The average molecular weight is 346 g/mol. The van der Waals surface area contributed by atoms with Gasteiger partial charge in [0.15, 0.2) is 0 Å². The summed E-state index contributed by atoms with van der Waals surface area (Å²) in [6.07, 6.45) is 13.7. The van der Waals surface area contributed by atoms with Crippen LogP contribution in [-0.4, -0.2) is 32.6 Å². The van der Waals surface area contributed by atoms with Gasteiger partial charge in [0.25, 0.3) is 0 Å². The second kappa shape index (κ2) is 5.61. The number of fused-ring (bicyclic) bond motifs is 1. The first-order chi connectivity index (χ1) is 8.99. The van der Waals surface area contributed by atoms with Gasteiger partial charge in [-0.25, -0.2) is 0 Å². The summed E-state index contributed by atoms with van der Waals surface area (Å²) in [5.41, 5.74) is -0.798. The van der Waals surface area contributed by atoms with Crippen LogP contribution in [0.1, 0.15) is 26.2 Å². The highest BCUT2D eigenvalue weighted by molar-refractivity contribution is 9.09. The Kier molecular flexibility index (Phi) is 4.47. The molecule has 1 fully saturated rings. The van der Waals surface area contributed by atoms with Crippen LogP contribution in [0, 0.1) is 12.3 Å². The molecule has 2 aliphatic rings. The Hall–Kier alpha value is -0.270. The van der Waals surface area contributed by atoms with Gasteiger partial charge in [-0.15, -0.1) is 18.0 Å². The van der Waals surface area contributed by atoms with Gasteiger partial charge in [0.1, 0.15) is 11.7 Å². The highest BCUT2D eigenvalue weighted by Gasteiger charge is 2.63. The van der Waals surface area contributed by atoms with Gasteiger partial charge in [0.05, 0.1) is 11.0 Å². The van der Waals surface area contributed by atoms with E-state index in [0.29, 0.717) is 12.8 Å². The first-order valence-corrected chi connectivity index (χ1v) is 7.78. The molecule has 2 nitrogen and oxygen atoms in total. The molecule has 0 spiro atoms. The first kappa shape index (κ1) is 15.1. The summed E-state index contributed by atoms with van der Waals surface area (Å²) in [6, 6.07) is 0.